The normalized spacial score (nSPS) is 40.4. The van der Waals surface area contributed by atoms with Crippen molar-refractivity contribution in [3.63, 3.8) is 0 Å². The number of aliphatic hydroxyl groups excluding tert-OH is 1. The summed E-state index contributed by atoms with van der Waals surface area (Å²) in [4.78, 5) is 5.05. The molecule has 0 bridgehead atoms. The van der Waals surface area contributed by atoms with Gasteiger partial charge in [0.2, 0.25) is 0 Å². The van der Waals surface area contributed by atoms with Crippen LogP contribution in [0.4, 0.5) is 0 Å². The van der Waals surface area contributed by atoms with Gasteiger partial charge in [-0.2, -0.15) is 0 Å². The Morgan fingerprint density at radius 1 is 1.24 bits per heavy atom. The third-order valence-corrected chi connectivity index (χ3v) is 4.80. The predicted octanol–water partition coefficient (Wildman–Crippen LogP) is 1.56. The van der Waals surface area contributed by atoms with Crippen molar-refractivity contribution in [2.75, 3.05) is 26.7 Å². The maximum Gasteiger partial charge on any atom is 0.0555 e. The second kappa shape index (κ2) is 4.87. The molecule has 1 N–H and O–H groups in total. The number of nitrogens with zero attached hydrogens (tertiary/aromatic N) is 2. The van der Waals surface area contributed by atoms with Gasteiger partial charge in [0.25, 0.3) is 0 Å². The molecule has 0 aromatic heterocycles. The molecule has 3 nitrogen and oxygen atoms in total. The highest BCUT2D eigenvalue weighted by Crippen LogP contribution is 2.39. The highest BCUT2D eigenvalue weighted by atomic mass is 16.3. The topological polar surface area (TPSA) is 26.7 Å². The molecule has 0 aromatic rings. The fraction of sp³-hybridized carbons (Fsp3) is 1.00. The van der Waals surface area contributed by atoms with E-state index in [1.165, 1.54) is 0 Å². The van der Waals surface area contributed by atoms with Crippen LogP contribution in [0.25, 0.3) is 0 Å². The number of likely N-dealkylation sites (N-methyl/N-ethyl adjacent to an activating group) is 1. The van der Waals surface area contributed by atoms with E-state index in [1.54, 1.807) is 0 Å². The van der Waals surface area contributed by atoms with Gasteiger partial charge in [-0.05, 0) is 38.6 Å². The molecule has 17 heavy (non-hydrogen) atoms. The lowest BCUT2D eigenvalue weighted by Gasteiger charge is -2.51. The van der Waals surface area contributed by atoms with Crippen molar-refractivity contribution >= 4 is 0 Å². The Morgan fingerprint density at radius 3 is 2.59 bits per heavy atom. The van der Waals surface area contributed by atoms with E-state index in [2.05, 4.69) is 37.6 Å². The van der Waals surface area contributed by atoms with Gasteiger partial charge in [-0.15, -0.1) is 0 Å². The van der Waals surface area contributed by atoms with Gasteiger partial charge in [-0.1, -0.05) is 13.8 Å². The minimum atomic E-state index is -0.0834. The van der Waals surface area contributed by atoms with Gasteiger partial charge in [0.15, 0.2) is 0 Å². The molecule has 2 aliphatic rings. The van der Waals surface area contributed by atoms with Gasteiger partial charge in [0.05, 0.1) is 6.10 Å². The zero-order valence-electron chi connectivity index (χ0n) is 11.8. The Bertz CT molecular complexity index is 267. The minimum Gasteiger partial charge on any atom is -0.393 e. The van der Waals surface area contributed by atoms with Crippen molar-refractivity contribution in [3.8, 4) is 0 Å². The standard InChI is InChI=1S/C14H28N2O/c1-11-10-15(4)7-8-16(11)13-9-12(17)5-6-14(13,2)3/h11-13,17H,5-10H2,1-4H3. The molecule has 0 amide bonds. The highest BCUT2D eigenvalue weighted by molar-refractivity contribution is 4.95. The van der Waals surface area contributed by atoms with Crippen LogP contribution in [0, 0.1) is 5.41 Å². The van der Waals surface area contributed by atoms with Crippen molar-refractivity contribution in [3.05, 3.63) is 0 Å². The summed E-state index contributed by atoms with van der Waals surface area (Å²) in [6.07, 6.45) is 3.00. The lowest BCUT2D eigenvalue weighted by atomic mass is 9.71. The van der Waals surface area contributed by atoms with Crippen LogP contribution in [0.1, 0.15) is 40.0 Å². The Morgan fingerprint density at radius 2 is 1.94 bits per heavy atom. The van der Waals surface area contributed by atoms with Crippen molar-refractivity contribution in [1.29, 1.82) is 0 Å². The maximum atomic E-state index is 9.94. The van der Waals surface area contributed by atoms with Gasteiger partial charge in [0, 0.05) is 31.7 Å². The van der Waals surface area contributed by atoms with Crippen molar-refractivity contribution < 1.29 is 5.11 Å². The lowest BCUT2D eigenvalue weighted by Crippen LogP contribution is -2.59. The van der Waals surface area contributed by atoms with Crippen LogP contribution in [0.3, 0.4) is 0 Å². The maximum absolute atomic E-state index is 9.94. The molecule has 1 heterocycles. The fourth-order valence-corrected chi connectivity index (χ4v) is 3.60. The van der Waals surface area contributed by atoms with E-state index < -0.39 is 0 Å². The predicted molar refractivity (Wildman–Crippen MR) is 71.1 cm³/mol. The Kier molecular flexibility index (Phi) is 3.81. The first kappa shape index (κ1) is 13.3. The van der Waals surface area contributed by atoms with Crippen molar-refractivity contribution in [2.45, 2.75) is 58.2 Å². The molecule has 1 saturated carbocycles. The van der Waals surface area contributed by atoms with Gasteiger partial charge in [-0.25, -0.2) is 0 Å². The molecule has 1 aliphatic heterocycles. The molecule has 0 aromatic carbocycles. The van der Waals surface area contributed by atoms with E-state index in [0.29, 0.717) is 17.5 Å². The monoisotopic (exact) mass is 240 g/mol. The van der Waals surface area contributed by atoms with E-state index in [-0.39, 0.29) is 6.10 Å². The van der Waals surface area contributed by atoms with Gasteiger partial charge in [0.1, 0.15) is 0 Å². The van der Waals surface area contributed by atoms with E-state index in [9.17, 15) is 5.11 Å². The Labute approximate surface area is 106 Å². The van der Waals surface area contributed by atoms with E-state index in [0.717, 1.165) is 38.9 Å². The highest BCUT2D eigenvalue weighted by Gasteiger charge is 2.41. The molecule has 3 heteroatoms. The zero-order chi connectivity index (χ0) is 12.6. The molecule has 1 saturated heterocycles. The molecular weight excluding hydrogens is 212 g/mol. The summed E-state index contributed by atoms with van der Waals surface area (Å²) in [6, 6.07) is 1.17. The van der Waals surface area contributed by atoms with Gasteiger partial charge >= 0.3 is 0 Å². The average Bonchev–Trinajstić information content (AvgIpc) is 2.23. The first-order valence-electron chi connectivity index (χ1n) is 7.02. The van der Waals surface area contributed by atoms with Crippen LogP contribution in [0.5, 0.6) is 0 Å². The molecular formula is C14H28N2O. The smallest absolute Gasteiger partial charge is 0.0555 e. The van der Waals surface area contributed by atoms with Crippen LogP contribution in [-0.2, 0) is 0 Å². The summed E-state index contributed by atoms with van der Waals surface area (Å²) in [5, 5.41) is 9.94. The molecule has 1 aliphatic carbocycles. The molecule has 2 fully saturated rings. The summed E-state index contributed by atoms with van der Waals surface area (Å²) in [6.45, 7) is 10.5. The molecule has 0 radical (unpaired) electrons. The van der Waals surface area contributed by atoms with Crippen LogP contribution >= 0.6 is 0 Å². The quantitative estimate of drug-likeness (QED) is 0.753. The van der Waals surface area contributed by atoms with Crippen molar-refractivity contribution in [2.24, 2.45) is 5.41 Å². The van der Waals surface area contributed by atoms with Crippen LogP contribution in [-0.4, -0.2) is 59.8 Å². The third kappa shape index (κ3) is 2.83. The lowest BCUT2D eigenvalue weighted by molar-refractivity contribution is -0.0474. The SMILES string of the molecule is CC1CN(C)CCN1C1CC(O)CCC1(C)C. The van der Waals surface area contributed by atoms with Crippen LogP contribution in [0.15, 0.2) is 0 Å². The number of hydrogen-bond acceptors (Lipinski definition) is 3. The molecule has 2 rings (SSSR count). The summed E-state index contributed by atoms with van der Waals surface area (Å²) >= 11 is 0. The number of aliphatic hydroxyl groups is 1. The molecule has 3 atom stereocenters. The third-order valence-electron chi connectivity index (χ3n) is 4.80. The minimum absolute atomic E-state index is 0.0834. The molecule has 0 spiro atoms. The van der Waals surface area contributed by atoms with Crippen molar-refractivity contribution in [1.82, 2.24) is 9.80 Å². The second-order valence-corrected chi connectivity index (χ2v) is 6.78. The summed E-state index contributed by atoms with van der Waals surface area (Å²) in [5.41, 5.74) is 0.351. The van der Waals surface area contributed by atoms with Crippen LogP contribution < -0.4 is 0 Å². The van der Waals surface area contributed by atoms with Gasteiger partial charge in [-0.3, -0.25) is 4.90 Å². The number of rotatable bonds is 1. The second-order valence-electron chi connectivity index (χ2n) is 6.78. The van der Waals surface area contributed by atoms with E-state index in [1.807, 2.05) is 0 Å². The first-order chi connectivity index (χ1) is 7.90. The Balaban J connectivity index is 2.08. The molecule has 100 valence electrons. The number of piperazine rings is 1. The zero-order valence-corrected chi connectivity index (χ0v) is 11.8. The van der Waals surface area contributed by atoms with Gasteiger partial charge < -0.3 is 10.0 Å². The Hall–Kier alpha value is -0.120. The summed E-state index contributed by atoms with van der Waals surface area (Å²) in [7, 11) is 2.20. The average molecular weight is 240 g/mol. The number of hydrogen-bond donors (Lipinski definition) is 1. The van der Waals surface area contributed by atoms with E-state index >= 15 is 0 Å². The van der Waals surface area contributed by atoms with E-state index in [4.69, 9.17) is 0 Å². The molecule has 3 unspecified atom stereocenters. The summed E-state index contributed by atoms with van der Waals surface area (Å²) < 4.78 is 0. The largest absolute Gasteiger partial charge is 0.393 e. The van der Waals surface area contributed by atoms with Crippen LogP contribution in [0.2, 0.25) is 0 Å². The summed E-state index contributed by atoms with van der Waals surface area (Å²) in [5.74, 6) is 0. The fourth-order valence-electron chi connectivity index (χ4n) is 3.60. The first-order valence-corrected chi connectivity index (χ1v) is 7.02.